The zero-order valence-corrected chi connectivity index (χ0v) is 7.63. The zero-order chi connectivity index (χ0) is 7.78. The van der Waals surface area contributed by atoms with Crippen molar-refractivity contribution in [3.63, 3.8) is 0 Å². The molecule has 0 unspecified atom stereocenters. The first kappa shape index (κ1) is 8.50. The normalized spacial score (nSPS) is 48.0. The van der Waals surface area contributed by atoms with Crippen LogP contribution in [-0.4, -0.2) is 27.2 Å². The van der Waals surface area contributed by atoms with Gasteiger partial charge in [0.05, 0.1) is 11.7 Å². The summed E-state index contributed by atoms with van der Waals surface area (Å²) in [6, 6.07) is 0. The van der Waals surface area contributed by atoms with Crippen LogP contribution < -0.4 is 0 Å². The Bertz CT molecular complexity index is 125. The highest BCUT2D eigenvalue weighted by Crippen LogP contribution is 2.35. The lowest BCUT2D eigenvalue weighted by molar-refractivity contribution is -0.0385. The van der Waals surface area contributed by atoms with Crippen LogP contribution in [-0.2, 0) is 0 Å². The lowest BCUT2D eigenvalue weighted by atomic mass is 10.0. The van der Waals surface area contributed by atoms with Gasteiger partial charge in [-0.15, -0.1) is 0 Å². The van der Waals surface area contributed by atoms with Crippen molar-refractivity contribution in [2.24, 2.45) is 5.92 Å². The molecule has 0 aromatic heterocycles. The number of alkyl halides is 1. The molecule has 10 heavy (non-hydrogen) atoms. The van der Waals surface area contributed by atoms with Gasteiger partial charge < -0.3 is 10.2 Å². The van der Waals surface area contributed by atoms with Crippen LogP contribution in [0.1, 0.15) is 19.8 Å². The maximum Gasteiger partial charge on any atom is 0.0880 e. The molecule has 60 valence electrons. The van der Waals surface area contributed by atoms with E-state index in [0.29, 0.717) is 12.3 Å². The molecule has 0 aromatic carbocycles. The summed E-state index contributed by atoms with van der Waals surface area (Å²) >= 11 is 3.33. The maximum absolute atomic E-state index is 9.49. The average Bonchev–Trinajstić information content (AvgIpc) is 2.08. The molecule has 3 heteroatoms. The summed E-state index contributed by atoms with van der Waals surface area (Å²) in [5.41, 5.74) is -0.849. The van der Waals surface area contributed by atoms with E-state index in [4.69, 9.17) is 0 Å². The van der Waals surface area contributed by atoms with Crippen molar-refractivity contribution in [2.75, 3.05) is 5.33 Å². The summed E-state index contributed by atoms with van der Waals surface area (Å²) in [4.78, 5) is 0. The fourth-order valence-corrected chi connectivity index (χ4v) is 1.98. The summed E-state index contributed by atoms with van der Waals surface area (Å²) in [5.74, 6) is 0.435. The second-order valence-corrected chi connectivity index (χ2v) is 3.98. The smallest absolute Gasteiger partial charge is 0.0880 e. The van der Waals surface area contributed by atoms with Gasteiger partial charge >= 0.3 is 0 Å². The van der Waals surface area contributed by atoms with Crippen LogP contribution in [0.2, 0.25) is 0 Å². The first-order valence-corrected chi connectivity index (χ1v) is 4.65. The van der Waals surface area contributed by atoms with Crippen LogP contribution in [0.3, 0.4) is 0 Å². The molecule has 0 spiro atoms. The molecule has 2 N–H and O–H groups in total. The number of halogens is 1. The van der Waals surface area contributed by atoms with Gasteiger partial charge in [-0.05, 0) is 25.7 Å². The van der Waals surface area contributed by atoms with Crippen molar-refractivity contribution in [1.82, 2.24) is 0 Å². The lowest BCUT2D eigenvalue weighted by Crippen LogP contribution is -2.33. The number of aliphatic hydroxyl groups excluding tert-OH is 1. The topological polar surface area (TPSA) is 40.5 Å². The minimum absolute atomic E-state index is 0.435. The first-order valence-electron chi connectivity index (χ1n) is 3.52. The number of hydrogen-bond acceptors (Lipinski definition) is 2. The van der Waals surface area contributed by atoms with E-state index in [1.54, 1.807) is 6.92 Å². The molecule has 1 fully saturated rings. The van der Waals surface area contributed by atoms with Crippen LogP contribution in [0.25, 0.3) is 0 Å². The molecule has 0 bridgehead atoms. The number of aliphatic hydroxyl groups is 2. The molecule has 0 heterocycles. The van der Waals surface area contributed by atoms with Gasteiger partial charge in [0, 0.05) is 5.33 Å². The molecule has 1 aliphatic carbocycles. The van der Waals surface area contributed by atoms with Crippen molar-refractivity contribution in [2.45, 2.75) is 31.5 Å². The number of hydrogen-bond donors (Lipinski definition) is 2. The van der Waals surface area contributed by atoms with Crippen molar-refractivity contribution in [3.8, 4) is 0 Å². The van der Waals surface area contributed by atoms with E-state index in [9.17, 15) is 10.2 Å². The molecule has 0 saturated heterocycles. The molecule has 2 nitrogen and oxygen atoms in total. The second kappa shape index (κ2) is 2.80. The minimum Gasteiger partial charge on any atom is -0.390 e. The van der Waals surface area contributed by atoms with Crippen molar-refractivity contribution >= 4 is 15.9 Å². The van der Waals surface area contributed by atoms with Crippen molar-refractivity contribution in [3.05, 3.63) is 0 Å². The Kier molecular flexibility index (Phi) is 2.38. The van der Waals surface area contributed by atoms with E-state index in [2.05, 4.69) is 15.9 Å². The number of rotatable bonds is 1. The standard InChI is InChI=1S/C7H13BrO2/c1-7(10)3-5(4-8)2-6(7)9/h5-6,9-10H,2-4H2,1H3/t5-,6-,7-/m1/s1. The Morgan fingerprint density at radius 1 is 1.70 bits per heavy atom. The third-order valence-corrected chi connectivity index (χ3v) is 3.11. The molecule has 0 aromatic rings. The van der Waals surface area contributed by atoms with E-state index in [1.165, 1.54) is 0 Å². The van der Waals surface area contributed by atoms with E-state index in [1.807, 2.05) is 0 Å². The molecule has 3 atom stereocenters. The fraction of sp³-hybridized carbons (Fsp3) is 1.00. The van der Waals surface area contributed by atoms with Crippen molar-refractivity contribution < 1.29 is 10.2 Å². The quantitative estimate of drug-likeness (QED) is 0.630. The van der Waals surface area contributed by atoms with Gasteiger partial charge in [-0.2, -0.15) is 0 Å². The minimum atomic E-state index is -0.849. The van der Waals surface area contributed by atoms with Gasteiger partial charge in [0.15, 0.2) is 0 Å². The second-order valence-electron chi connectivity index (χ2n) is 3.33. The Labute approximate surface area is 69.4 Å². The molecular formula is C7H13BrO2. The monoisotopic (exact) mass is 208 g/mol. The summed E-state index contributed by atoms with van der Waals surface area (Å²) in [6.45, 7) is 1.69. The van der Waals surface area contributed by atoms with Crippen LogP contribution in [0.4, 0.5) is 0 Å². The third kappa shape index (κ3) is 1.52. The third-order valence-electron chi connectivity index (χ3n) is 2.19. The lowest BCUT2D eigenvalue weighted by Gasteiger charge is -2.19. The largest absolute Gasteiger partial charge is 0.390 e. The summed E-state index contributed by atoms with van der Waals surface area (Å²) in [6.07, 6.45) is 0.896. The molecular weight excluding hydrogens is 196 g/mol. The van der Waals surface area contributed by atoms with Crippen LogP contribution in [0.15, 0.2) is 0 Å². The van der Waals surface area contributed by atoms with E-state index in [0.717, 1.165) is 11.8 Å². The van der Waals surface area contributed by atoms with Gasteiger partial charge in [-0.25, -0.2) is 0 Å². The Morgan fingerprint density at radius 3 is 2.50 bits per heavy atom. The van der Waals surface area contributed by atoms with Gasteiger partial charge in [0.1, 0.15) is 0 Å². The predicted octanol–water partition coefficient (Wildman–Crippen LogP) is 0.903. The average molecular weight is 209 g/mol. The fourth-order valence-electron chi connectivity index (χ4n) is 1.49. The molecule has 1 saturated carbocycles. The Balaban J connectivity index is 2.53. The highest BCUT2D eigenvalue weighted by Gasteiger charge is 2.40. The highest BCUT2D eigenvalue weighted by atomic mass is 79.9. The van der Waals surface area contributed by atoms with Gasteiger partial charge in [0.2, 0.25) is 0 Å². The SMILES string of the molecule is C[C@@]1(O)C[C@H](CBr)C[C@H]1O. The molecule has 0 radical (unpaired) electrons. The van der Waals surface area contributed by atoms with E-state index < -0.39 is 11.7 Å². The Morgan fingerprint density at radius 2 is 2.30 bits per heavy atom. The molecule has 0 aliphatic heterocycles. The maximum atomic E-state index is 9.49. The van der Waals surface area contributed by atoms with Gasteiger partial charge in [-0.3, -0.25) is 0 Å². The van der Waals surface area contributed by atoms with E-state index in [-0.39, 0.29) is 0 Å². The Hall–Kier alpha value is 0.400. The zero-order valence-electron chi connectivity index (χ0n) is 6.05. The predicted molar refractivity (Wildman–Crippen MR) is 43.1 cm³/mol. The van der Waals surface area contributed by atoms with Crippen LogP contribution in [0.5, 0.6) is 0 Å². The molecule has 0 amide bonds. The van der Waals surface area contributed by atoms with Crippen molar-refractivity contribution in [1.29, 1.82) is 0 Å². The first-order chi connectivity index (χ1) is 4.56. The highest BCUT2D eigenvalue weighted by molar-refractivity contribution is 9.09. The van der Waals surface area contributed by atoms with Gasteiger partial charge in [0.25, 0.3) is 0 Å². The summed E-state index contributed by atoms with van der Waals surface area (Å²) in [7, 11) is 0. The van der Waals surface area contributed by atoms with E-state index >= 15 is 0 Å². The van der Waals surface area contributed by atoms with Crippen LogP contribution in [0, 0.1) is 5.92 Å². The van der Waals surface area contributed by atoms with Crippen LogP contribution >= 0.6 is 15.9 Å². The molecule has 1 aliphatic rings. The summed E-state index contributed by atoms with van der Waals surface area (Å²) in [5, 5.41) is 19.7. The molecule has 1 rings (SSSR count). The van der Waals surface area contributed by atoms with Gasteiger partial charge in [-0.1, -0.05) is 15.9 Å². The summed E-state index contributed by atoms with van der Waals surface area (Å²) < 4.78 is 0.